The highest BCUT2D eigenvalue weighted by molar-refractivity contribution is 7.80. The standard InChI is InChI=1S/C18H27NO3S2/c1-13(2)17(18(21)22)19(3)16(20)11-5-8-14(23)7-4-9-15-10-6-12-24-15/h6,10,12-13,17H,4-5,7-9,11H2,1-3H3,(H,21,22)/t17-/m0/s1. The monoisotopic (exact) mass is 369 g/mol. The number of carbonyl (C=O) groups excluding carboxylic acids is 1. The fourth-order valence-corrected chi connectivity index (χ4v) is 3.75. The van der Waals surface area contributed by atoms with Crippen LogP contribution in [0.25, 0.3) is 0 Å². The first-order chi connectivity index (χ1) is 11.3. The maximum Gasteiger partial charge on any atom is 0.326 e. The lowest BCUT2D eigenvalue weighted by Gasteiger charge is -2.27. The lowest BCUT2D eigenvalue weighted by Crippen LogP contribution is -2.45. The number of hydrogen-bond donors (Lipinski definition) is 1. The molecule has 1 aromatic heterocycles. The Kier molecular flexibility index (Phi) is 9.14. The van der Waals surface area contributed by atoms with Crippen molar-refractivity contribution in [2.24, 2.45) is 5.92 Å². The van der Waals surface area contributed by atoms with Crippen LogP contribution in [-0.4, -0.2) is 39.8 Å². The van der Waals surface area contributed by atoms with Crippen LogP contribution in [0.4, 0.5) is 0 Å². The van der Waals surface area contributed by atoms with Crippen molar-refractivity contribution in [3.05, 3.63) is 22.4 Å². The van der Waals surface area contributed by atoms with Crippen molar-refractivity contribution in [1.82, 2.24) is 4.90 Å². The minimum absolute atomic E-state index is 0.116. The van der Waals surface area contributed by atoms with Crippen molar-refractivity contribution in [3.63, 3.8) is 0 Å². The highest BCUT2D eigenvalue weighted by atomic mass is 32.1. The third-order valence-electron chi connectivity index (χ3n) is 4.00. The molecule has 0 radical (unpaired) electrons. The Morgan fingerprint density at radius 3 is 2.46 bits per heavy atom. The molecular weight excluding hydrogens is 342 g/mol. The largest absolute Gasteiger partial charge is 0.480 e. The first kappa shape index (κ1) is 20.8. The summed E-state index contributed by atoms with van der Waals surface area (Å²) >= 11 is 7.15. The molecule has 24 heavy (non-hydrogen) atoms. The van der Waals surface area contributed by atoms with Crippen molar-refractivity contribution in [1.29, 1.82) is 0 Å². The molecule has 0 bridgehead atoms. The van der Waals surface area contributed by atoms with Gasteiger partial charge in [0.05, 0.1) is 0 Å². The second-order valence-electron chi connectivity index (χ2n) is 6.36. The van der Waals surface area contributed by atoms with Crippen LogP contribution < -0.4 is 0 Å². The molecule has 1 rings (SSSR count). The molecule has 1 atom stereocenters. The van der Waals surface area contributed by atoms with E-state index in [9.17, 15) is 14.7 Å². The van der Waals surface area contributed by atoms with Gasteiger partial charge in [0, 0.05) is 18.3 Å². The summed E-state index contributed by atoms with van der Waals surface area (Å²) in [5, 5.41) is 11.3. The number of hydrogen-bond acceptors (Lipinski definition) is 4. The van der Waals surface area contributed by atoms with Gasteiger partial charge in [-0.2, -0.15) is 0 Å². The fraction of sp³-hybridized carbons (Fsp3) is 0.611. The van der Waals surface area contributed by atoms with Crippen molar-refractivity contribution < 1.29 is 14.7 Å². The van der Waals surface area contributed by atoms with E-state index >= 15 is 0 Å². The van der Waals surface area contributed by atoms with Gasteiger partial charge >= 0.3 is 5.97 Å². The Balaban J connectivity index is 2.26. The van der Waals surface area contributed by atoms with Crippen LogP contribution in [-0.2, 0) is 16.0 Å². The topological polar surface area (TPSA) is 57.6 Å². The van der Waals surface area contributed by atoms with E-state index in [0.717, 1.165) is 30.5 Å². The number of carbonyl (C=O) groups is 2. The predicted octanol–water partition coefficient (Wildman–Crippen LogP) is 4.18. The van der Waals surface area contributed by atoms with Crippen LogP contribution in [0.3, 0.4) is 0 Å². The summed E-state index contributed by atoms with van der Waals surface area (Å²) in [5.41, 5.74) is 0. The fourth-order valence-electron chi connectivity index (χ4n) is 2.71. The molecule has 0 unspecified atom stereocenters. The molecule has 0 aliphatic rings. The van der Waals surface area contributed by atoms with E-state index in [2.05, 4.69) is 17.5 Å². The van der Waals surface area contributed by atoms with E-state index in [1.165, 1.54) is 9.78 Å². The van der Waals surface area contributed by atoms with Crippen molar-refractivity contribution >= 4 is 40.3 Å². The second kappa shape index (κ2) is 10.6. The van der Waals surface area contributed by atoms with Gasteiger partial charge < -0.3 is 10.0 Å². The Morgan fingerprint density at radius 1 is 1.25 bits per heavy atom. The third kappa shape index (κ3) is 7.09. The Labute approximate surface area is 153 Å². The second-order valence-corrected chi connectivity index (χ2v) is 7.97. The molecule has 134 valence electrons. The zero-order valence-electron chi connectivity index (χ0n) is 14.7. The number of thiocarbonyl (C=S) groups is 1. The Bertz CT molecular complexity index is 540. The van der Waals surface area contributed by atoms with Gasteiger partial charge in [0.2, 0.25) is 5.91 Å². The van der Waals surface area contributed by atoms with Crippen LogP contribution in [0.15, 0.2) is 17.5 Å². The summed E-state index contributed by atoms with van der Waals surface area (Å²) in [7, 11) is 1.57. The molecule has 0 aliphatic heterocycles. The van der Waals surface area contributed by atoms with Crippen LogP contribution in [0.2, 0.25) is 0 Å². The quantitative estimate of drug-likeness (QED) is 0.595. The van der Waals surface area contributed by atoms with E-state index in [0.29, 0.717) is 12.8 Å². The third-order valence-corrected chi connectivity index (χ3v) is 5.34. The summed E-state index contributed by atoms with van der Waals surface area (Å²) in [6, 6.07) is 3.42. The van der Waals surface area contributed by atoms with Crippen LogP contribution in [0.5, 0.6) is 0 Å². The number of aryl methyl sites for hydroxylation is 1. The molecule has 0 spiro atoms. The van der Waals surface area contributed by atoms with Crippen LogP contribution in [0, 0.1) is 5.92 Å². The lowest BCUT2D eigenvalue weighted by atomic mass is 10.0. The number of nitrogens with zero attached hydrogens (tertiary/aromatic N) is 1. The van der Waals surface area contributed by atoms with Crippen molar-refractivity contribution in [2.75, 3.05) is 7.05 Å². The zero-order valence-corrected chi connectivity index (χ0v) is 16.3. The first-order valence-electron chi connectivity index (χ1n) is 8.35. The van der Waals surface area contributed by atoms with Gasteiger partial charge in [-0.1, -0.05) is 32.1 Å². The molecule has 1 heterocycles. The number of amides is 1. The zero-order chi connectivity index (χ0) is 18.1. The Hall–Kier alpha value is -1.27. The summed E-state index contributed by atoms with van der Waals surface area (Å²) < 4.78 is 0. The van der Waals surface area contributed by atoms with Crippen LogP contribution in [0.1, 0.15) is 50.8 Å². The van der Waals surface area contributed by atoms with E-state index in [1.807, 2.05) is 13.8 Å². The molecule has 0 aliphatic carbocycles. The van der Waals surface area contributed by atoms with E-state index < -0.39 is 12.0 Å². The number of thiophene rings is 1. The van der Waals surface area contributed by atoms with Crippen molar-refractivity contribution in [2.45, 2.75) is 58.4 Å². The van der Waals surface area contributed by atoms with Gasteiger partial charge in [0.1, 0.15) is 6.04 Å². The molecule has 1 aromatic rings. The van der Waals surface area contributed by atoms with Gasteiger partial charge in [0.25, 0.3) is 0 Å². The SMILES string of the molecule is CC(C)[C@@H](C(=O)O)N(C)C(=O)CCCC(=S)CCCc1cccs1. The molecular formula is C18H27NO3S2. The normalized spacial score (nSPS) is 12.2. The highest BCUT2D eigenvalue weighted by Crippen LogP contribution is 2.15. The molecule has 1 N–H and O–H groups in total. The molecule has 0 saturated heterocycles. The number of carboxylic acids is 1. The minimum atomic E-state index is -0.954. The van der Waals surface area contributed by atoms with Gasteiger partial charge in [-0.15, -0.1) is 11.3 Å². The maximum atomic E-state index is 12.2. The van der Waals surface area contributed by atoms with E-state index in [4.69, 9.17) is 12.2 Å². The summed E-state index contributed by atoms with van der Waals surface area (Å²) in [6.07, 6.45) is 4.78. The first-order valence-corrected chi connectivity index (χ1v) is 9.64. The average molecular weight is 370 g/mol. The van der Waals surface area contributed by atoms with Crippen molar-refractivity contribution in [3.8, 4) is 0 Å². The Morgan fingerprint density at radius 2 is 1.92 bits per heavy atom. The van der Waals surface area contributed by atoms with Crippen LogP contribution >= 0.6 is 23.6 Å². The predicted molar refractivity (Wildman–Crippen MR) is 103 cm³/mol. The minimum Gasteiger partial charge on any atom is -0.480 e. The molecule has 0 fully saturated rings. The summed E-state index contributed by atoms with van der Waals surface area (Å²) in [6.45, 7) is 3.62. The molecule has 0 aromatic carbocycles. The molecule has 6 heteroatoms. The summed E-state index contributed by atoms with van der Waals surface area (Å²) in [5.74, 6) is -1.20. The van der Waals surface area contributed by atoms with E-state index in [1.54, 1.807) is 18.4 Å². The molecule has 1 amide bonds. The smallest absolute Gasteiger partial charge is 0.326 e. The van der Waals surface area contributed by atoms with Gasteiger partial charge in [-0.05, 0) is 54.3 Å². The van der Waals surface area contributed by atoms with Gasteiger partial charge in [-0.3, -0.25) is 4.79 Å². The van der Waals surface area contributed by atoms with E-state index in [-0.39, 0.29) is 11.8 Å². The highest BCUT2D eigenvalue weighted by Gasteiger charge is 2.28. The number of rotatable bonds is 11. The maximum absolute atomic E-state index is 12.2. The summed E-state index contributed by atoms with van der Waals surface area (Å²) in [4.78, 5) is 27.2. The lowest BCUT2D eigenvalue weighted by molar-refractivity contribution is -0.151. The number of aliphatic carboxylic acids is 1. The molecule has 0 saturated carbocycles. The van der Waals surface area contributed by atoms with Gasteiger partial charge in [-0.25, -0.2) is 4.79 Å². The average Bonchev–Trinajstić information content (AvgIpc) is 2.99. The number of likely N-dealkylation sites (N-methyl/N-ethyl adjacent to an activating group) is 1. The number of carboxylic acid groups (broad SMARTS) is 1. The molecule has 4 nitrogen and oxygen atoms in total. The van der Waals surface area contributed by atoms with Gasteiger partial charge in [0.15, 0.2) is 0 Å².